The number of rotatable bonds is 3. The summed E-state index contributed by atoms with van der Waals surface area (Å²) in [5.74, 6) is -2.52. The van der Waals surface area contributed by atoms with Gasteiger partial charge in [0.05, 0.1) is 11.4 Å². The first kappa shape index (κ1) is 18.1. The van der Waals surface area contributed by atoms with Crippen LogP contribution in [0.4, 0.5) is 16.2 Å². The van der Waals surface area contributed by atoms with Crippen LogP contribution in [-0.2, 0) is 9.59 Å². The van der Waals surface area contributed by atoms with Crippen molar-refractivity contribution in [2.24, 2.45) is 10.9 Å². The van der Waals surface area contributed by atoms with Gasteiger partial charge >= 0.3 is 6.03 Å². The Kier molecular flexibility index (Phi) is 4.75. The zero-order valence-corrected chi connectivity index (χ0v) is 16.1. The average Bonchev–Trinajstić information content (AvgIpc) is 2.69. The van der Waals surface area contributed by atoms with Crippen LogP contribution < -0.4 is 10.2 Å². The van der Waals surface area contributed by atoms with Gasteiger partial charge < -0.3 is 0 Å². The molecule has 0 aromatic heterocycles. The first-order valence-electron chi connectivity index (χ1n) is 8.51. The van der Waals surface area contributed by atoms with Crippen LogP contribution in [0, 0.1) is 5.92 Å². The predicted molar refractivity (Wildman–Crippen MR) is 111 cm³/mol. The molecule has 4 rings (SSSR count). The van der Waals surface area contributed by atoms with Crippen molar-refractivity contribution in [2.45, 2.75) is 0 Å². The molecule has 1 fully saturated rings. The van der Waals surface area contributed by atoms with Crippen molar-refractivity contribution in [3.05, 3.63) is 71.2 Å². The van der Waals surface area contributed by atoms with Crippen molar-refractivity contribution >= 4 is 62.1 Å². The zero-order chi connectivity index (χ0) is 19.7. The first-order valence-corrected chi connectivity index (χ1v) is 9.30. The third-order valence-electron chi connectivity index (χ3n) is 4.42. The molecule has 0 radical (unpaired) electrons. The quantitative estimate of drug-likeness (QED) is 0.494. The standard InChI is InChI=1S/C21H14BrN3O3/c22-14-8-10-15(11-9-14)25-20(27)17(19(26)24-21(25)28)12-23-18-7-3-5-13-4-1-2-6-16(13)18/h1-12,17H,(H,24,26,28)/t17-/m0/s1. The Bertz CT molecular complexity index is 1120. The van der Waals surface area contributed by atoms with Crippen LogP contribution in [-0.4, -0.2) is 24.1 Å². The van der Waals surface area contributed by atoms with Crippen LogP contribution in [0.1, 0.15) is 0 Å². The van der Waals surface area contributed by atoms with E-state index in [1.165, 1.54) is 6.21 Å². The molecule has 1 N–H and O–H groups in total. The van der Waals surface area contributed by atoms with Crippen LogP contribution in [0.5, 0.6) is 0 Å². The summed E-state index contributed by atoms with van der Waals surface area (Å²) < 4.78 is 0.811. The van der Waals surface area contributed by atoms with E-state index >= 15 is 0 Å². The number of hydrogen-bond acceptors (Lipinski definition) is 4. The number of nitrogens with zero attached hydrogens (tertiary/aromatic N) is 2. The predicted octanol–water partition coefficient (Wildman–Crippen LogP) is 4.20. The molecule has 1 heterocycles. The van der Waals surface area contributed by atoms with Crippen LogP contribution in [0.25, 0.3) is 10.8 Å². The molecule has 0 saturated carbocycles. The molecule has 0 spiro atoms. The smallest absolute Gasteiger partial charge is 0.276 e. The molecule has 4 amide bonds. The molecule has 7 heteroatoms. The molecule has 0 aliphatic carbocycles. The lowest BCUT2D eigenvalue weighted by molar-refractivity contribution is -0.131. The molecule has 1 atom stereocenters. The van der Waals surface area contributed by atoms with Gasteiger partial charge in [-0.05, 0) is 35.7 Å². The molecule has 1 aliphatic rings. The lowest BCUT2D eigenvalue weighted by atomic mass is 10.1. The second-order valence-electron chi connectivity index (χ2n) is 6.20. The van der Waals surface area contributed by atoms with E-state index < -0.39 is 23.8 Å². The van der Waals surface area contributed by atoms with E-state index in [9.17, 15) is 14.4 Å². The van der Waals surface area contributed by atoms with Crippen molar-refractivity contribution in [3.8, 4) is 0 Å². The van der Waals surface area contributed by atoms with Crippen LogP contribution in [0.2, 0.25) is 0 Å². The molecule has 0 bridgehead atoms. The highest BCUT2D eigenvalue weighted by Crippen LogP contribution is 2.26. The molecule has 6 nitrogen and oxygen atoms in total. The number of halogens is 1. The average molecular weight is 436 g/mol. The van der Waals surface area contributed by atoms with Gasteiger partial charge in [0.15, 0.2) is 5.92 Å². The Morgan fingerprint density at radius 2 is 1.64 bits per heavy atom. The largest absolute Gasteiger partial charge is 0.335 e. The van der Waals surface area contributed by atoms with E-state index in [0.717, 1.165) is 20.1 Å². The Morgan fingerprint density at radius 1 is 0.929 bits per heavy atom. The third kappa shape index (κ3) is 3.32. The van der Waals surface area contributed by atoms with E-state index in [1.54, 1.807) is 24.3 Å². The second-order valence-corrected chi connectivity index (χ2v) is 7.11. The molecule has 1 saturated heterocycles. The van der Waals surface area contributed by atoms with Crippen molar-refractivity contribution in [1.82, 2.24) is 5.32 Å². The summed E-state index contributed by atoms with van der Waals surface area (Å²) in [6.07, 6.45) is 1.29. The maximum Gasteiger partial charge on any atom is 0.335 e. The van der Waals surface area contributed by atoms with Gasteiger partial charge in [-0.1, -0.05) is 52.3 Å². The van der Waals surface area contributed by atoms with Gasteiger partial charge in [-0.25, -0.2) is 9.69 Å². The van der Waals surface area contributed by atoms with Crippen molar-refractivity contribution in [1.29, 1.82) is 0 Å². The summed E-state index contributed by atoms with van der Waals surface area (Å²) in [5.41, 5.74) is 1.02. The van der Waals surface area contributed by atoms with E-state index in [2.05, 4.69) is 26.2 Å². The lowest BCUT2D eigenvalue weighted by Crippen LogP contribution is -2.58. The van der Waals surface area contributed by atoms with Gasteiger partial charge in [0.2, 0.25) is 5.91 Å². The number of amides is 4. The summed E-state index contributed by atoms with van der Waals surface area (Å²) >= 11 is 3.31. The molecule has 138 valence electrons. The molecule has 28 heavy (non-hydrogen) atoms. The molecule has 0 unspecified atom stereocenters. The Morgan fingerprint density at radius 3 is 2.43 bits per heavy atom. The van der Waals surface area contributed by atoms with E-state index in [-0.39, 0.29) is 0 Å². The summed E-state index contributed by atoms with van der Waals surface area (Å²) in [5, 5.41) is 4.13. The zero-order valence-electron chi connectivity index (χ0n) is 14.5. The summed E-state index contributed by atoms with van der Waals surface area (Å²) in [6, 6.07) is 19.2. The maximum atomic E-state index is 12.9. The number of urea groups is 1. The van der Waals surface area contributed by atoms with Gasteiger partial charge in [-0.15, -0.1) is 0 Å². The molecule has 3 aromatic rings. The number of imide groups is 2. The Hall–Kier alpha value is -3.32. The fraction of sp³-hybridized carbons (Fsp3) is 0.0476. The van der Waals surface area contributed by atoms with Gasteiger partial charge in [0.25, 0.3) is 5.91 Å². The van der Waals surface area contributed by atoms with Gasteiger partial charge in [0, 0.05) is 16.1 Å². The molecular formula is C21H14BrN3O3. The lowest BCUT2D eigenvalue weighted by Gasteiger charge is -2.28. The third-order valence-corrected chi connectivity index (χ3v) is 4.94. The SMILES string of the molecule is O=C1NC(=O)N(c2ccc(Br)cc2)C(=O)[C@H]1C=Nc1cccc2ccccc12. The minimum atomic E-state index is -1.19. The number of carbonyl (C=O) groups is 3. The topological polar surface area (TPSA) is 78.8 Å². The number of carbonyl (C=O) groups excluding carboxylic acids is 3. The van der Waals surface area contributed by atoms with E-state index in [1.807, 2.05) is 42.5 Å². The van der Waals surface area contributed by atoms with Gasteiger partial charge in [0.1, 0.15) is 0 Å². The first-order chi connectivity index (χ1) is 13.5. The fourth-order valence-corrected chi connectivity index (χ4v) is 3.30. The fourth-order valence-electron chi connectivity index (χ4n) is 3.03. The number of fused-ring (bicyclic) bond motifs is 1. The number of barbiturate groups is 1. The Labute approximate surface area is 169 Å². The second kappa shape index (κ2) is 7.36. The summed E-state index contributed by atoms with van der Waals surface area (Å²) in [6.45, 7) is 0. The van der Waals surface area contributed by atoms with Crippen molar-refractivity contribution in [3.63, 3.8) is 0 Å². The van der Waals surface area contributed by atoms with E-state index in [0.29, 0.717) is 11.4 Å². The number of aliphatic imine (C=N–C) groups is 1. The minimum absolute atomic E-state index is 0.377. The van der Waals surface area contributed by atoms with Crippen LogP contribution in [0.15, 0.2) is 76.2 Å². The molecular weight excluding hydrogens is 422 g/mol. The van der Waals surface area contributed by atoms with Gasteiger partial charge in [-0.2, -0.15) is 0 Å². The number of anilines is 1. The minimum Gasteiger partial charge on any atom is -0.276 e. The maximum absolute atomic E-state index is 12.9. The van der Waals surface area contributed by atoms with Crippen molar-refractivity contribution in [2.75, 3.05) is 4.90 Å². The normalized spacial score (nSPS) is 17.4. The van der Waals surface area contributed by atoms with Crippen LogP contribution >= 0.6 is 15.9 Å². The molecule has 1 aliphatic heterocycles. The highest BCUT2D eigenvalue weighted by Gasteiger charge is 2.40. The number of benzene rings is 3. The highest BCUT2D eigenvalue weighted by molar-refractivity contribution is 9.10. The highest BCUT2D eigenvalue weighted by atomic mass is 79.9. The summed E-state index contributed by atoms with van der Waals surface area (Å²) in [7, 11) is 0. The monoisotopic (exact) mass is 435 g/mol. The Balaban J connectivity index is 1.67. The van der Waals surface area contributed by atoms with Gasteiger partial charge in [-0.3, -0.25) is 19.9 Å². The number of nitrogens with one attached hydrogen (secondary N) is 1. The molecule has 3 aromatic carbocycles. The number of hydrogen-bond donors (Lipinski definition) is 1. The van der Waals surface area contributed by atoms with Crippen LogP contribution in [0.3, 0.4) is 0 Å². The van der Waals surface area contributed by atoms with E-state index in [4.69, 9.17) is 0 Å². The van der Waals surface area contributed by atoms with Crippen molar-refractivity contribution < 1.29 is 14.4 Å². The summed E-state index contributed by atoms with van der Waals surface area (Å²) in [4.78, 5) is 42.6.